The third kappa shape index (κ3) is 3.59. The van der Waals surface area contributed by atoms with Crippen LogP contribution in [0.25, 0.3) is 11.1 Å². The number of fused-ring (bicyclic) bond motifs is 1. The quantitative estimate of drug-likeness (QED) is 0.817. The molecule has 0 amide bonds. The monoisotopic (exact) mass is 402 g/mol. The first-order chi connectivity index (χ1) is 13.3. The molecule has 4 rings (SSSR count). The van der Waals surface area contributed by atoms with E-state index in [1.165, 1.54) is 4.31 Å². The molecule has 8 heteroatoms. The van der Waals surface area contributed by atoms with Gasteiger partial charge in [0, 0.05) is 43.5 Å². The lowest BCUT2D eigenvalue weighted by atomic mass is 9.93. The largest absolute Gasteiger partial charge is 0.492 e. The zero-order valence-electron chi connectivity index (χ0n) is 16.2. The van der Waals surface area contributed by atoms with E-state index >= 15 is 0 Å². The van der Waals surface area contributed by atoms with Crippen molar-refractivity contribution in [3.63, 3.8) is 0 Å². The SMILES string of the molecule is CC1(C)CCN(S(=O)(=O)c2cc(-c3ccc4c(c3)CNCCO4)cnc2N)C1. The number of rotatable bonds is 3. The summed E-state index contributed by atoms with van der Waals surface area (Å²) in [5.74, 6) is 0.887. The molecule has 0 aliphatic carbocycles. The summed E-state index contributed by atoms with van der Waals surface area (Å²) in [6.07, 6.45) is 2.45. The van der Waals surface area contributed by atoms with E-state index in [0.717, 1.165) is 35.4 Å². The van der Waals surface area contributed by atoms with Crippen molar-refractivity contribution in [2.45, 2.75) is 31.7 Å². The molecule has 150 valence electrons. The van der Waals surface area contributed by atoms with Gasteiger partial charge in [-0.25, -0.2) is 13.4 Å². The Kier molecular flexibility index (Phi) is 4.81. The Hall–Kier alpha value is -2.16. The Balaban J connectivity index is 1.71. The molecular weight excluding hydrogens is 376 g/mol. The molecule has 1 saturated heterocycles. The number of nitrogens with one attached hydrogen (secondary N) is 1. The first-order valence-corrected chi connectivity index (χ1v) is 10.9. The molecule has 2 aliphatic heterocycles. The Morgan fingerprint density at radius 1 is 1.25 bits per heavy atom. The molecule has 3 heterocycles. The molecule has 28 heavy (non-hydrogen) atoms. The molecule has 2 aliphatic rings. The second-order valence-corrected chi connectivity index (χ2v) is 10.1. The summed E-state index contributed by atoms with van der Waals surface area (Å²) in [6.45, 7) is 7.27. The molecule has 0 radical (unpaired) electrons. The van der Waals surface area contributed by atoms with E-state index in [0.29, 0.717) is 26.2 Å². The van der Waals surface area contributed by atoms with Gasteiger partial charge in [-0.05, 0) is 35.6 Å². The number of benzene rings is 1. The van der Waals surface area contributed by atoms with Crippen LogP contribution in [0.15, 0.2) is 35.4 Å². The number of nitrogens with zero attached hydrogens (tertiary/aromatic N) is 2. The Morgan fingerprint density at radius 2 is 2.07 bits per heavy atom. The molecular formula is C20H26N4O3S. The normalized spacial score (nSPS) is 19.6. The molecule has 0 atom stereocenters. The summed E-state index contributed by atoms with van der Waals surface area (Å²) in [4.78, 5) is 4.26. The summed E-state index contributed by atoms with van der Waals surface area (Å²) in [5, 5.41) is 3.31. The molecule has 0 saturated carbocycles. The number of hydrogen-bond acceptors (Lipinski definition) is 6. The van der Waals surface area contributed by atoms with Crippen LogP contribution in [0.4, 0.5) is 5.82 Å². The Morgan fingerprint density at radius 3 is 2.82 bits per heavy atom. The first-order valence-electron chi connectivity index (χ1n) is 9.49. The average Bonchev–Trinajstić information content (AvgIpc) is 2.88. The van der Waals surface area contributed by atoms with Crippen LogP contribution in [-0.4, -0.2) is 43.9 Å². The van der Waals surface area contributed by atoms with E-state index in [9.17, 15) is 8.42 Å². The van der Waals surface area contributed by atoms with Gasteiger partial charge in [0.25, 0.3) is 0 Å². The maximum Gasteiger partial charge on any atom is 0.246 e. The number of nitrogen functional groups attached to an aromatic ring is 1. The summed E-state index contributed by atoms with van der Waals surface area (Å²) in [5.41, 5.74) is 8.59. The lowest BCUT2D eigenvalue weighted by molar-refractivity contribution is 0.326. The van der Waals surface area contributed by atoms with Crippen molar-refractivity contribution < 1.29 is 13.2 Å². The van der Waals surface area contributed by atoms with Crippen LogP contribution in [0.5, 0.6) is 5.75 Å². The predicted octanol–water partition coefficient (Wildman–Crippen LogP) is 2.23. The van der Waals surface area contributed by atoms with Crippen molar-refractivity contribution in [3.05, 3.63) is 36.0 Å². The van der Waals surface area contributed by atoms with Gasteiger partial charge < -0.3 is 15.8 Å². The van der Waals surface area contributed by atoms with Crippen LogP contribution in [0.1, 0.15) is 25.8 Å². The van der Waals surface area contributed by atoms with E-state index < -0.39 is 10.0 Å². The number of ether oxygens (including phenoxy) is 1. The van der Waals surface area contributed by atoms with Crippen molar-refractivity contribution in [3.8, 4) is 16.9 Å². The van der Waals surface area contributed by atoms with Crippen molar-refractivity contribution in [1.82, 2.24) is 14.6 Å². The van der Waals surface area contributed by atoms with Crippen LogP contribution in [0, 0.1) is 5.41 Å². The molecule has 3 N–H and O–H groups in total. The number of nitrogens with two attached hydrogens (primary N) is 1. The smallest absolute Gasteiger partial charge is 0.246 e. The number of sulfonamides is 1. The predicted molar refractivity (Wildman–Crippen MR) is 108 cm³/mol. The number of aromatic nitrogens is 1. The van der Waals surface area contributed by atoms with E-state index in [1.807, 2.05) is 18.2 Å². The second kappa shape index (κ2) is 7.02. The fourth-order valence-electron chi connectivity index (χ4n) is 3.72. The number of anilines is 1. The molecule has 1 aromatic carbocycles. The average molecular weight is 403 g/mol. The van der Waals surface area contributed by atoms with Gasteiger partial charge in [0.1, 0.15) is 23.1 Å². The summed E-state index contributed by atoms with van der Waals surface area (Å²) >= 11 is 0. The third-order valence-corrected chi connectivity index (χ3v) is 7.26. The number of hydrogen-bond donors (Lipinski definition) is 2. The van der Waals surface area contributed by atoms with E-state index in [4.69, 9.17) is 10.5 Å². The van der Waals surface area contributed by atoms with Gasteiger partial charge >= 0.3 is 0 Å². The van der Waals surface area contributed by atoms with E-state index in [2.05, 4.69) is 24.1 Å². The fraction of sp³-hybridized carbons (Fsp3) is 0.450. The van der Waals surface area contributed by atoms with Gasteiger partial charge in [-0.15, -0.1) is 0 Å². The first kappa shape index (κ1) is 19.2. The van der Waals surface area contributed by atoms with Gasteiger partial charge in [0.2, 0.25) is 10.0 Å². The minimum atomic E-state index is -3.69. The molecule has 0 spiro atoms. The van der Waals surface area contributed by atoms with Crippen LogP contribution in [0.3, 0.4) is 0 Å². The standard InChI is InChI=1S/C20H26N4O3S/c1-20(2)5-7-24(13-20)28(25,26)18-10-15(12-23-19(18)21)14-3-4-17-16(9-14)11-22-6-8-27-17/h3-4,9-10,12,22H,5-8,11,13H2,1-2H3,(H2,21,23). The second-order valence-electron chi connectivity index (χ2n) is 8.21. The van der Waals surface area contributed by atoms with Gasteiger partial charge in [0.15, 0.2) is 0 Å². The third-order valence-electron chi connectivity index (χ3n) is 5.39. The molecule has 1 aromatic heterocycles. The van der Waals surface area contributed by atoms with Gasteiger partial charge in [0.05, 0.1) is 0 Å². The lowest BCUT2D eigenvalue weighted by Gasteiger charge is -2.20. The van der Waals surface area contributed by atoms with Gasteiger partial charge in [-0.2, -0.15) is 4.31 Å². The van der Waals surface area contributed by atoms with Crippen molar-refractivity contribution in [2.75, 3.05) is 32.0 Å². The van der Waals surface area contributed by atoms with Crippen LogP contribution < -0.4 is 15.8 Å². The molecule has 0 unspecified atom stereocenters. The van der Waals surface area contributed by atoms with Crippen molar-refractivity contribution in [1.29, 1.82) is 0 Å². The molecule has 7 nitrogen and oxygen atoms in total. The zero-order chi connectivity index (χ0) is 19.9. The molecule has 1 fully saturated rings. The minimum absolute atomic E-state index is 0.0309. The van der Waals surface area contributed by atoms with E-state index in [-0.39, 0.29) is 16.1 Å². The van der Waals surface area contributed by atoms with Crippen LogP contribution in [-0.2, 0) is 16.6 Å². The summed E-state index contributed by atoms with van der Waals surface area (Å²) in [6, 6.07) is 7.49. The minimum Gasteiger partial charge on any atom is -0.492 e. The fourth-order valence-corrected chi connectivity index (χ4v) is 5.44. The highest BCUT2D eigenvalue weighted by Crippen LogP contribution is 2.35. The van der Waals surface area contributed by atoms with Crippen molar-refractivity contribution >= 4 is 15.8 Å². The zero-order valence-corrected chi connectivity index (χ0v) is 17.1. The summed E-state index contributed by atoms with van der Waals surface area (Å²) < 4.78 is 33.6. The van der Waals surface area contributed by atoms with Gasteiger partial charge in [-0.3, -0.25) is 0 Å². The van der Waals surface area contributed by atoms with Gasteiger partial charge in [-0.1, -0.05) is 19.9 Å². The highest BCUT2D eigenvalue weighted by Gasteiger charge is 2.38. The Bertz CT molecular complexity index is 1000. The topological polar surface area (TPSA) is 97.5 Å². The number of pyridine rings is 1. The molecule has 0 bridgehead atoms. The van der Waals surface area contributed by atoms with E-state index in [1.54, 1.807) is 12.3 Å². The maximum atomic E-state index is 13.2. The van der Waals surface area contributed by atoms with Crippen molar-refractivity contribution in [2.24, 2.45) is 5.41 Å². The highest BCUT2D eigenvalue weighted by atomic mass is 32.2. The maximum absolute atomic E-state index is 13.2. The lowest BCUT2D eigenvalue weighted by Crippen LogP contribution is -2.31. The highest BCUT2D eigenvalue weighted by molar-refractivity contribution is 7.89. The van der Waals surface area contributed by atoms with Crippen LogP contribution >= 0.6 is 0 Å². The Labute approximate surface area is 166 Å². The summed E-state index contributed by atoms with van der Waals surface area (Å²) in [7, 11) is -3.69. The molecule has 2 aromatic rings. The van der Waals surface area contributed by atoms with Crippen LogP contribution in [0.2, 0.25) is 0 Å².